The van der Waals surface area contributed by atoms with Gasteiger partial charge in [0.25, 0.3) is 5.91 Å². The lowest BCUT2D eigenvalue weighted by atomic mass is 10.1. The van der Waals surface area contributed by atoms with E-state index in [1.807, 2.05) is 45.9 Å². The first-order valence-electron chi connectivity index (χ1n) is 11.6. The van der Waals surface area contributed by atoms with E-state index in [0.717, 1.165) is 25.9 Å². The molecule has 1 fully saturated rings. The van der Waals surface area contributed by atoms with Gasteiger partial charge in [0.05, 0.1) is 23.9 Å². The standard InChI is InChI=1S/C25H34N4O4/c1-5-32-22-10-9-18(28-24(30)16(2)3)15-20(22)25(31)27-17(4)21-7-6-8-23(29-21)33-19-11-13-26-14-12-19/h6-10,15-17,19,26H,5,11-14H2,1-4H3,(H,27,31)(H,28,30). The fourth-order valence-corrected chi connectivity index (χ4v) is 3.52. The summed E-state index contributed by atoms with van der Waals surface area (Å²) in [5.74, 6) is 0.431. The molecular weight excluding hydrogens is 420 g/mol. The van der Waals surface area contributed by atoms with Crippen LogP contribution in [0.1, 0.15) is 62.6 Å². The monoisotopic (exact) mass is 454 g/mol. The zero-order chi connectivity index (χ0) is 23.8. The number of amides is 2. The summed E-state index contributed by atoms with van der Waals surface area (Å²) in [5, 5.41) is 9.13. The maximum atomic E-state index is 13.1. The number of pyridine rings is 1. The molecule has 0 spiro atoms. The predicted octanol–water partition coefficient (Wildman–Crippen LogP) is 3.70. The Morgan fingerprint density at radius 2 is 1.91 bits per heavy atom. The quantitative estimate of drug-likeness (QED) is 0.534. The zero-order valence-corrected chi connectivity index (χ0v) is 19.8. The molecule has 2 aromatic rings. The normalized spacial score (nSPS) is 15.1. The molecule has 0 bridgehead atoms. The van der Waals surface area contributed by atoms with Crippen LogP contribution in [0.4, 0.5) is 5.69 Å². The molecule has 8 nitrogen and oxygen atoms in total. The van der Waals surface area contributed by atoms with Crippen molar-refractivity contribution < 1.29 is 19.1 Å². The van der Waals surface area contributed by atoms with Crippen molar-refractivity contribution in [1.29, 1.82) is 0 Å². The van der Waals surface area contributed by atoms with E-state index in [-0.39, 0.29) is 29.9 Å². The lowest BCUT2D eigenvalue weighted by Crippen LogP contribution is -2.34. The lowest BCUT2D eigenvalue weighted by Gasteiger charge is -2.23. The first-order valence-corrected chi connectivity index (χ1v) is 11.6. The summed E-state index contributed by atoms with van der Waals surface area (Å²) in [6.45, 7) is 9.66. The van der Waals surface area contributed by atoms with Crippen LogP contribution in [0.15, 0.2) is 36.4 Å². The van der Waals surface area contributed by atoms with Crippen molar-refractivity contribution in [3.63, 3.8) is 0 Å². The minimum Gasteiger partial charge on any atom is -0.493 e. The first kappa shape index (κ1) is 24.5. The number of aromatic nitrogens is 1. The number of hydrogen-bond acceptors (Lipinski definition) is 6. The Morgan fingerprint density at radius 3 is 2.61 bits per heavy atom. The molecule has 1 saturated heterocycles. The van der Waals surface area contributed by atoms with E-state index in [4.69, 9.17) is 9.47 Å². The van der Waals surface area contributed by atoms with Crippen LogP contribution in [-0.2, 0) is 4.79 Å². The topological polar surface area (TPSA) is 102 Å². The minimum atomic E-state index is -0.350. The molecule has 1 aliphatic rings. The summed E-state index contributed by atoms with van der Waals surface area (Å²) in [4.78, 5) is 29.8. The Bertz CT molecular complexity index is 957. The third-order valence-corrected chi connectivity index (χ3v) is 5.43. The second-order valence-corrected chi connectivity index (χ2v) is 8.45. The number of anilines is 1. The van der Waals surface area contributed by atoms with Crippen LogP contribution >= 0.6 is 0 Å². The summed E-state index contributed by atoms with van der Waals surface area (Å²) >= 11 is 0. The highest BCUT2D eigenvalue weighted by Gasteiger charge is 2.20. The minimum absolute atomic E-state index is 0.117. The van der Waals surface area contributed by atoms with Gasteiger partial charge in [-0.3, -0.25) is 9.59 Å². The summed E-state index contributed by atoms with van der Waals surface area (Å²) in [5.41, 5.74) is 1.61. The Morgan fingerprint density at radius 1 is 1.15 bits per heavy atom. The molecule has 2 heterocycles. The number of nitrogens with one attached hydrogen (secondary N) is 3. The first-order chi connectivity index (χ1) is 15.9. The van der Waals surface area contributed by atoms with Gasteiger partial charge in [0, 0.05) is 17.7 Å². The third kappa shape index (κ3) is 6.92. The molecule has 1 atom stereocenters. The van der Waals surface area contributed by atoms with Crippen molar-refractivity contribution >= 4 is 17.5 Å². The van der Waals surface area contributed by atoms with E-state index in [1.54, 1.807) is 18.2 Å². The van der Waals surface area contributed by atoms with Crippen LogP contribution < -0.4 is 25.4 Å². The molecule has 1 aromatic heterocycles. The van der Waals surface area contributed by atoms with Crippen LogP contribution in [-0.4, -0.2) is 42.6 Å². The van der Waals surface area contributed by atoms with Gasteiger partial charge in [0.2, 0.25) is 11.8 Å². The van der Waals surface area contributed by atoms with Gasteiger partial charge in [-0.25, -0.2) is 4.98 Å². The van der Waals surface area contributed by atoms with Crippen LogP contribution in [0.5, 0.6) is 11.6 Å². The molecule has 0 aliphatic carbocycles. The Kier molecular flexibility index (Phi) is 8.65. The van der Waals surface area contributed by atoms with Gasteiger partial charge in [-0.1, -0.05) is 19.9 Å². The largest absolute Gasteiger partial charge is 0.493 e. The van der Waals surface area contributed by atoms with E-state index in [1.165, 1.54) is 0 Å². The molecule has 1 unspecified atom stereocenters. The van der Waals surface area contributed by atoms with Crippen molar-refractivity contribution in [3.8, 4) is 11.6 Å². The average Bonchev–Trinajstić information content (AvgIpc) is 2.81. The molecule has 3 rings (SSSR count). The molecule has 1 aliphatic heterocycles. The molecule has 0 saturated carbocycles. The van der Waals surface area contributed by atoms with Crippen molar-refractivity contribution in [2.24, 2.45) is 5.92 Å². The van der Waals surface area contributed by atoms with Crippen LogP contribution in [0.25, 0.3) is 0 Å². The Labute approximate surface area is 195 Å². The summed E-state index contributed by atoms with van der Waals surface area (Å²) in [6.07, 6.45) is 2.04. The van der Waals surface area contributed by atoms with E-state index in [9.17, 15) is 9.59 Å². The number of carbonyl (C=O) groups is 2. The van der Waals surface area contributed by atoms with E-state index in [0.29, 0.717) is 35.2 Å². The number of benzene rings is 1. The maximum Gasteiger partial charge on any atom is 0.255 e. The van der Waals surface area contributed by atoms with E-state index >= 15 is 0 Å². The third-order valence-electron chi connectivity index (χ3n) is 5.43. The van der Waals surface area contributed by atoms with Crippen LogP contribution in [0, 0.1) is 5.92 Å². The highest BCUT2D eigenvalue weighted by Crippen LogP contribution is 2.25. The summed E-state index contributed by atoms with van der Waals surface area (Å²) in [7, 11) is 0. The molecule has 0 radical (unpaired) electrons. The molecular formula is C25H34N4O4. The maximum absolute atomic E-state index is 13.1. The number of hydrogen-bond donors (Lipinski definition) is 3. The molecule has 8 heteroatoms. The number of nitrogens with zero attached hydrogens (tertiary/aromatic N) is 1. The van der Waals surface area contributed by atoms with Gasteiger partial charge in [-0.15, -0.1) is 0 Å². The zero-order valence-electron chi connectivity index (χ0n) is 19.8. The highest BCUT2D eigenvalue weighted by atomic mass is 16.5. The van der Waals surface area contributed by atoms with E-state index in [2.05, 4.69) is 20.9 Å². The Balaban J connectivity index is 1.72. The smallest absolute Gasteiger partial charge is 0.255 e. The SMILES string of the molecule is CCOc1ccc(NC(=O)C(C)C)cc1C(=O)NC(C)c1cccc(OC2CCNCC2)n1. The van der Waals surface area contributed by atoms with E-state index < -0.39 is 0 Å². The van der Waals surface area contributed by atoms with Crippen molar-refractivity contribution in [1.82, 2.24) is 15.6 Å². The second kappa shape index (κ2) is 11.7. The van der Waals surface area contributed by atoms with Crippen LogP contribution in [0.3, 0.4) is 0 Å². The van der Waals surface area contributed by atoms with Gasteiger partial charge in [-0.2, -0.15) is 0 Å². The number of carbonyl (C=O) groups excluding carboxylic acids is 2. The Hall–Kier alpha value is -3.13. The van der Waals surface area contributed by atoms with Gasteiger partial charge in [-0.05, 0) is 64.0 Å². The number of rotatable bonds is 9. The predicted molar refractivity (Wildman–Crippen MR) is 128 cm³/mol. The molecule has 3 N–H and O–H groups in total. The number of ether oxygens (including phenoxy) is 2. The molecule has 33 heavy (non-hydrogen) atoms. The number of piperidine rings is 1. The summed E-state index contributed by atoms with van der Waals surface area (Å²) < 4.78 is 11.7. The molecule has 2 amide bonds. The van der Waals surface area contributed by atoms with Crippen molar-refractivity contribution in [3.05, 3.63) is 47.7 Å². The van der Waals surface area contributed by atoms with Gasteiger partial charge in [0.15, 0.2) is 0 Å². The fourth-order valence-electron chi connectivity index (χ4n) is 3.52. The van der Waals surface area contributed by atoms with Gasteiger partial charge >= 0.3 is 0 Å². The highest BCUT2D eigenvalue weighted by molar-refractivity contribution is 6.00. The molecule has 1 aromatic carbocycles. The second-order valence-electron chi connectivity index (χ2n) is 8.45. The average molecular weight is 455 g/mol. The van der Waals surface area contributed by atoms with Crippen molar-refractivity contribution in [2.45, 2.75) is 52.7 Å². The van der Waals surface area contributed by atoms with Crippen molar-refractivity contribution in [2.75, 3.05) is 25.0 Å². The molecule has 178 valence electrons. The van der Waals surface area contributed by atoms with Crippen LogP contribution in [0.2, 0.25) is 0 Å². The van der Waals surface area contributed by atoms with Gasteiger partial charge in [0.1, 0.15) is 11.9 Å². The fraction of sp³-hybridized carbons (Fsp3) is 0.480. The summed E-state index contributed by atoms with van der Waals surface area (Å²) in [6, 6.07) is 10.3. The lowest BCUT2D eigenvalue weighted by molar-refractivity contribution is -0.118. The van der Waals surface area contributed by atoms with Gasteiger partial charge < -0.3 is 25.4 Å².